The first-order valence-corrected chi connectivity index (χ1v) is 17.2. The summed E-state index contributed by atoms with van der Waals surface area (Å²) in [6.45, 7) is 21.5. The van der Waals surface area contributed by atoms with Gasteiger partial charge in [0.15, 0.2) is 0 Å². The molecule has 0 N–H and O–H groups in total. The highest BCUT2D eigenvalue weighted by Crippen LogP contribution is 2.81. The molecule has 6 unspecified atom stereocenters. The lowest BCUT2D eigenvalue weighted by Crippen LogP contribution is -2.55. The summed E-state index contributed by atoms with van der Waals surface area (Å²) in [6, 6.07) is 18.6. The summed E-state index contributed by atoms with van der Waals surface area (Å²) in [7, 11) is -1.33. The first-order valence-electron chi connectivity index (χ1n) is 16.0. The van der Waals surface area contributed by atoms with E-state index in [1.807, 2.05) is 0 Å². The third-order valence-corrected chi connectivity index (χ3v) is 15.2. The fourth-order valence-electron chi connectivity index (χ4n) is 11.3. The molecular formula is C36H50NO2P. The Hall–Kier alpha value is -1.25. The zero-order chi connectivity index (χ0) is 28.3. The molecule has 2 spiro atoms. The molecule has 1 heterocycles. The van der Waals surface area contributed by atoms with Crippen LogP contribution in [0.1, 0.15) is 105 Å². The molecule has 2 aromatic carbocycles. The van der Waals surface area contributed by atoms with E-state index in [2.05, 4.69) is 109 Å². The molecule has 2 aromatic rings. The van der Waals surface area contributed by atoms with Gasteiger partial charge in [0, 0.05) is 34.7 Å². The highest BCUT2D eigenvalue weighted by Gasteiger charge is 2.75. The SMILES string of the molecule is CCN(CC)P1OC2(c3ccccc3-c3ccccc3C3(O1)C1(C)CCC(C1)C3(C)C)C1(C)CCC(C1)C2(C)C. The Bertz CT molecular complexity index is 1220. The third kappa shape index (κ3) is 3.02. The summed E-state index contributed by atoms with van der Waals surface area (Å²) < 4.78 is 18.5. The quantitative estimate of drug-likeness (QED) is 0.349. The summed E-state index contributed by atoms with van der Waals surface area (Å²) in [5, 5.41) is 0. The van der Waals surface area contributed by atoms with Crippen molar-refractivity contribution in [2.24, 2.45) is 33.5 Å². The second kappa shape index (κ2) is 8.66. The molecule has 0 saturated heterocycles. The molecule has 0 radical (unpaired) electrons. The molecule has 7 rings (SSSR count). The predicted molar refractivity (Wildman–Crippen MR) is 166 cm³/mol. The molecule has 4 heteroatoms. The van der Waals surface area contributed by atoms with E-state index in [1.165, 1.54) is 60.8 Å². The van der Waals surface area contributed by atoms with Crippen molar-refractivity contribution >= 4 is 8.53 Å². The normalized spacial score (nSPS) is 42.2. The van der Waals surface area contributed by atoms with Crippen LogP contribution in [0.3, 0.4) is 0 Å². The largest absolute Gasteiger partial charge is 0.309 e. The Morgan fingerprint density at radius 1 is 0.675 bits per heavy atom. The molecule has 4 fully saturated rings. The standard InChI is InChI=1S/C36H50NO2P/c1-9-37(10-2)40-38-35(31(3,4)25-19-21-33(35,7)23-25)29-17-13-11-15-27(29)28-16-12-14-18-30(28)36(39-40)32(5,6)26-20-22-34(36,8)24-26/h11-18,25-26H,9-10,19-24H2,1-8H3. The average molecular weight is 560 g/mol. The molecule has 0 amide bonds. The Labute approximate surface area is 244 Å². The first-order chi connectivity index (χ1) is 18.9. The lowest BCUT2D eigenvalue weighted by molar-refractivity contribution is -0.166. The second-order valence-electron chi connectivity index (χ2n) is 15.5. The number of benzene rings is 2. The van der Waals surface area contributed by atoms with E-state index < -0.39 is 19.7 Å². The van der Waals surface area contributed by atoms with Gasteiger partial charge in [-0.15, -0.1) is 0 Å². The van der Waals surface area contributed by atoms with E-state index in [0.29, 0.717) is 11.8 Å². The molecule has 0 aromatic heterocycles. The fourth-order valence-corrected chi connectivity index (χ4v) is 13.6. The van der Waals surface area contributed by atoms with E-state index in [9.17, 15) is 0 Å². The molecular weight excluding hydrogens is 509 g/mol. The molecule has 4 saturated carbocycles. The van der Waals surface area contributed by atoms with E-state index in [-0.39, 0.29) is 21.7 Å². The van der Waals surface area contributed by atoms with Crippen LogP contribution in [-0.2, 0) is 20.2 Å². The molecule has 5 aliphatic rings. The number of fused-ring (bicyclic) bond motifs is 11. The van der Waals surface area contributed by atoms with Crippen LogP contribution < -0.4 is 0 Å². The van der Waals surface area contributed by atoms with E-state index in [4.69, 9.17) is 9.05 Å². The minimum absolute atomic E-state index is 0.00620. The second-order valence-corrected chi connectivity index (χ2v) is 16.9. The van der Waals surface area contributed by atoms with Crippen LogP contribution in [0.25, 0.3) is 11.1 Å². The first kappa shape index (κ1) is 27.6. The summed E-state index contributed by atoms with van der Waals surface area (Å²) in [5.41, 5.74) is 4.78. The maximum Gasteiger partial charge on any atom is 0.260 e. The fraction of sp³-hybridized carbons (Fsp3) is 0.667. The third-order valence-electron chi connectivity index (χ3n) is 13.3. The number of rotatable bonds is 3. The summed E-state index contributed by atoms with van der Waals surface area (Å²) in [6.07, 6.45) is 7.49. The van der Waals surface area contributed by atoms with Crippen LogP contribution >= 0.6 is 8.53 Å². The van der Waals surface area contributed by atoms with Crippen molar-refractivity contribution in [2.45, 2.75) is 105 Å². The topological polar surface area (TPSA) is 21.7 Å². The Kier molecular flexibility index (Phi) is 5.97. The molecule has 216 valence electrons. The van der Waals surface area contributed by atoms with Crippen LogP contribution in [-0.4, -0.2) is 17.8 Å². The predicted octanol–water partition coefficient (Wildman–Crippen LogP) is 10.1. The zero-order valence-electron chi connectivity index (χ0n) is 26.1. The Balaban J connectivity index is 1.60. The van der Waals surface area contributed by atoms with Gasteiger partial charge >= 0.3 is 0 Å². The maximum absolute atomic E-state index is 7.97. The van der Waals surface area contributed by atoms with Crippen molar-refractivity contribution in [3.63, 3.8) is 0 Å². The van der Waals surface area contributed by atoms with Gasteiger partial charge in [-0.2, -0.15) is 0 Å². The van der Waals surface area contributed by atoms with E-state index in [1.54, 1.807) is 0 Å². The minimum atomic E-state index is -1.33. The van der Waals surface area contributed by atoms with Crippen LogP contribution in [0.5, 0.6) is 0 Å². The smallest absolute Gasteiger partial charge is 0.260 e. The van der Waals surface area contributed by atoms with Crippen molar-refractivity contribution in [3.05, 3.63) is 59.7 Å². The van der Waals surface area contributed by atoms with Gasteiger partial charge in [-0.25, -0.2) is 4.67 Å². The summed E-state index contributed by atoms with van der Waals surface area (Å²) in [4.78, 5) is 0. The van der Waals surface area contributed by atoms with Crippen LogP contribution in [0, 0.1) is 33.5 Å². The van der Waals surface area contributed by atoms with Crippen molar-refractivity contribution < 1.29 is 9.05 Å². The van der Waals surface area contributed by atoms with E-state index >= 15 is 0 Å². The molecule has 1 aliphatic heterocycles. The van der Waals surface area contributed by atoms with Gasteiger partial charge < -0.3 is 9.05 Å². The maximum atomic E-state index is 7.97. The van der Waals surface area contributed by atoms with Gasteiger partial charge in [0.25, 0.3) is 8.53 Å². The number of nitrogens with zero attached hydrogens (tertiary/aromatic N) is 1. The van der Waals surface area contributed by atoms with Gasteiger partial charge in [0.2, 0.25) is 0 Å². The molecule has 4 bridgehead atoms. The van der Waals surface area contributed by atoms with Crippen LogP contribution in [0.15, 0.2) is 48.5 Å². The summed E-state index contributed by atoms with van der Waals surface area (Å²) in [5.74, 6) is 1.31. The van der Waals surface area contributed by atoms with Crippen molar-refractivity contribution in [3.8, 4) is 11.1 Å². The lowest BCUT2D eigenvalue weighted by Gasteiger charge is -2.58. The van der Waals surface area contributed by atoms with Gasteiger partial charge in [-0.1, -0.05) is 104 Å². The van der Waals surface area contributed by atoms with E-state index in [0.717, 1.165) is 13.1 Å². The van der Waals surface area contributed by atoms with Crippen molar-refractivity contribution in [1.82, 2.24) is 4.67 Å². The van der Waals surface area contributed by atoms with Gasteiger partial charge in [-0.3, -0.25) is 0 Å². The molecule has 6 atom stereocenters. The van der Waals surface area contributed by atoms with Gasteiger partial charge in [-0.05, 0) is 72.6 Å². The molecule has 3 nitrogen and oxygen atoms in total. The molecule has 40 heavy (non-hydrogen) atoms. The van der Waals surface area contributed by atoms with Gasteiger partial charge in [0.1, 0.15) is 11.2 Å². The average Bonchev–Trinajstić information content (AvgIpc) is 3.62. The van der Waals surface area contributed by atoms with Crippen molar-refractivity contribution in [2.75, 3.05) is 13.1 Å². The number of hydrogen-bond donors (Lipinski definition) is 0. The van der Waals surface area contributed by atoms with Crippen LogP contribution in [0.2, 0.25) is 0 Å². The summed E-state index contributed by atoms with van der Waals surface area (Å²) >= 11 is 0. The Morgan fingerprint density at radius 3 is 1.43 bits per heavy atom. The monoisotopic (exact) mass is 559 g/mol. The van der Waals surface area contributed by atoms with Crippen LogP contribution in [0.4, 0.5) is 0 Å². The minimum Gasteiger partial charge on any atom is -0.309 e. The lowest BCUT2D eigenvalue weighted by atomic mass is 9.55. The number of hydrogen-bond acceptors (Lipinski definition) is 3. The molecule has 4 aliphatic carbocycles. The highest BCUT2D eigenvalue weighted by molar-refractivity contribution is 7.44. The van der Waals surface area contributed by atoms with Gasteiger partial charge in [0.05, 0.1) is 0 Å². The zero-order valence-corrected chi connectivity index (χ0v) is 27.0. The van der Waals surface area contributed by atoms with Crippen molar-refractivity contribution in [1.29, 1.82) is 0 Å². The Morgan fingerprint density at radius 2 is 1.07 bits per heavy atom. The highest BCUT2D eigenvalue weighted by atomic mass is 31.2.